The van der Waals surface area contributed by atoms with Crippen LogP contribution in [-0.4, -0.2) is 41.5 Å². The molecule has 1 rings (SSSR count). The Kier molecular flexibility index (Phi) is 5.35. The molecule has 0 aliphatic heterocycles. The summed E-state index contributed by atoms with van der Waals surface area (Å²) in [6, 6.07) is 2.36. The number of likely N-dealkylation sites (N-methyl/N-ethyl adjacent to an activating group) is 1. The minimum absolute atomic E-state index is 0.430. The quantitative estimate of drug-likeness (QED) is 0.822. The molecule has 1 atom stereocenters. The van der Waals surface area contributed by atoms with E-state index in [1.165, 1.54) is 0 Å². The van der Waals surface area contributed by atoms with Crippen LogP contribution >= 0.6 is 0 Å². The van der Waals surface area contributed by atoms with Crippen molar-refractivity contribution in [3.63, 3.8) is 0 Å². The van der Waals surface area contributed by atoms with Gasteiger partial charge < -0.3 is 10.2 Å². The van der Waals surface area contributed by atoms with Crippen molar-refractivity contribution in [1.82, 2.24) is 14.9 Å². The van der Waals surface area contributed by atoms with E-state index in [2.05, 4.69) is 48.1 Å². The van der Waals surface area contributed by atoms with Gasteiger partial charge in [-0.1, -0.05) is 13.8 Å². The molecular weight excluding hydrogens is 212 g/mol. The second-order valence-electron chi connectivity index (χ2n) is 5.22. The van der Waals surface area contributed by atoms with Crippen LogP contribution in [0.1, 0.15) is 26.1 Å². The largest absolute Gasteiger partial charge is 0.366 e. The molecule has 1 aromatic heterocycles. The van der Waals surface area contributed by atoms with Crippen molar-refractivity contribution in [2.24, 2.45) is 5.92 Å². The van der Waals surface area contributed by atoms with Crippen molar-refractivity contribution in [2.45, 2.75) is 33.2 Å². The summed E-state index contributed by atoms with van der Waals surface area (Å²) in [4.78, 5) is 10.7. The molecule has 0 aliphatic rings. The highest BCUT2D eigenvalue weighted by molar-refractivity contribution is 5.34. The molecule has 1 N–H and O–H groups in total. The van der Waals surface area contributed by atoms with Crippen molar-refractivity contribution < 1.29 is 0 Å². The Morgan fingerprint density at radius 2 is 2.06 bits per heavy atom. The Balaban J connectivity index is 2.64. The van der Waals surface area contributed by atoms with E-state index in [1.807, 2.05) is 13.0 Å². The lowest BCUT2D eigenvalue weighted by Gasteiger charge is -2.24. The number of aromatic nitrogens is 2. The van der Waals surface area contributed by atoms with Gasteiger partial charge in [0.05, 0.1) is 0 Å². The molecule has 1 heterocycles. The standard InChI is InChI=1S/C13H24N4/c1-10(2)8-12(9-17(4)5)16-13-6-7-14-11(3)15-13/h6-7,10,12H,8-9H2,1-5H3,(H,14,15,16). The Bertz CT molecular complexity index is 326. The molecule has 0 amide bonds. The van der Waals surface area contributed by atoms with Crippen LogP contribution in [0.25, 0.3) is 0 Å². The Morgan fingerprint density at radius 1 is 1.35 bits per heavy atom. The van der Waals surface area contributed by atoms with E-state index in [9.17, 15) is 0 Å². The summed E-state index contributed by atoms with van der Waals surface area (Å²) >= 11 is 0. The number of nitrogens with one attached hydrogen (secondary N) is 1. The van der Waals surface area contributed by atoms with Crippen LogP contribution in [0.2, 0.25) is 0 Å². The van der Waals surface area contributed by atoms with Gasteiger partial charge in [-0.3, -0.25) is 0 Å². The van der Waals surface area contributed by atoms with Crippen LogP contribution in [0.3, 0.4) is 0 Å². The smallest absolute Gasteiger partial charge is 0.129 e. The first-order valence-electron chi connectivity index (χ1n) is 6.18. The van der Waals surface area contributed by atoms with Gasteiger partial charge >= 0.3 is 0 Å². The third-order valence-electron chi connectivity index (χ3n) is 2.47. The molecule has 0 radical (unpaired) electrons. The molecule has 1 aromatic rings. The van der Waals surface area contributed by atoms with Crippen LogP contribution in [-0.2, 0) is 0 Å². The maximum Gasteiger partial charge on any atom is 0.129 e. The lowest BCUT2D eigenvalue weighted by atomic mass is 10.0. The number of anilines is 1. The lowest BCUT2D eigenvalue weighted by Crippen LogP contribution is -2.33. The minimum Gasteiger partial charge on any atom is -0.366 e. The molecule has 0 spiro atoms. The summed E-state index contributed by atoms with van der Waals surface area (Å²) in [5, 5.41) is 3.49. The lowest BCUT2D eigenvalue weighted by molar-refractivity contribution is 0.356. The average molecular weight is 236 g/mol. The fourth-order valence-corrected chi connectivity index (χ4v) is 1.93. The fraction of sp³-hybridized carbons (Fsp3) is 0.692. The van der Waals surface area contributed by atoms with E-state index in [-0.39, 0.29) is 0 Å². The van der Waals surface area contributed by atoms with Gasteiger partial charge in [-0.05, 0) is 39.4 Å². The first-order chi connectivity index (χ1) is 7.97. The molecule has 0 fully saturated rings. The van der Waals surface area contributed by atoms with Crippen LogP contribution in [0.4, 0.5) is 5.82 Å². The number of hydrogen-bond acceptors (Lipinski definition) is 4. The normalized spacial score (nSPS) is 13.1. The first kappa shape index (κ1) is 13.9. The minimum atomic E-state index is 0.430. The molecule has 96 valence electrons. The Hall–Kier alpha value is -1.16. The average Bonchev–Trinajstić information content (AvgIpc) is 2.14. The van der Waals surface area contributed by atoms with E-state index in [0.29, 0.717) is 12.0 Å². The summed E-state index contributed by atoms with van der Waals surface area (Å²) in [5.41, 5.74) is 0. The molecule has 0 saturated carbocycles. The van der Waals surface area contributed by atoms with Crippen molar-refractivity contribution in [1.29, 1.82) is 0 Å². The van der Waals surface area contributed by atoms with E-state index in [1.54, 1.807) is 6.20 Å². The van der Waals surface area contributed by atoms with E-state index >= 15 is 0 Å². The molecule has 1 unspecified atom stereocenters. The fourth-order valence-electron chi connectivity index (χ4n) is 1.93. The predicted molar refractivity (Wildman–Crippen MR) is 72.2 cm³/mol. The zero-order chi connectivity index (χ0) is 12.8. The number of hydrogen-bond donors (Lipinski definition) is 1. The van der Waals surface area contributed by atoms with Gasteiger partial charge in [0.25, 0.3) is 0 Å². The zero-order valence-electron chi connectivity index (χ0n) is 11.6. The van der Waals surface area contributed by atoms with Gasteiger partial charge in [-0.25, -0.2) is 9.97 Å². The van der Waals surface area contributed by atoms with Crippen molar-refractivity contribution >= 4 is 5.82 Å². The first-order valence-corrected chi connectivity index (χ1v) is 6.18. The van der Waals surface area contributed by atoms with Gasteiger partial charge in [0.1, 0.15) is 11.6 Å². The molecule has 4 heteroatoms. The molecule has 4 nitrogen and oxygen atoms in total. The van der Waals surface area contributed by atoms with Gasteiger partial charge in [0.2, 0.25) is 0 Å². The number of aryl methyl sites for hydroxylation is 1. The van der Waals surface area contributed by atoms with E-state index in [0.717, 1.165) is 24.6 Å². The van der Waals surface area contributed by atoms with Crippen molar-refractivity contribution in [3.8, 4) is 0 Å². The van der Waals surface area contributed by atoms with Crippen molar-refractivity contribution in [2.75, 3.05) is 26.0 Å². The topological polar surface area (TPSA) is 41.1 Å². The SMILES string of the molecule is Cc1nccc(NC(CC(C)C)CN(C)C)n1. The molecule has 0 aliphatic carbocycles. The maximum absolute atomic E-state index is 4.39. The second-order valence-corrected chi connectivity index (χ2v) is 5.22. The zero-order valence-corrected chi connectivity index (χ0v) is 11.6. The summed E-state index contributed by atoms with van der Waals surface area (Å²) in [6.07, 6.45) is 2.94. The molecule has 17 heavy (non-hydrogen) atoms. The Labute approximate surface area is 104 Å². The Morgan fingerprint density at radius 3 is 2.59 bits per heavy atom. The third-order valence-corrected chi connectivity index (χ3v) is 2.47. The highest BCUT2D eigenvalue weighted by atomic mass is 15.1. The molecule has 0 aromatic carbocycles. The van der Waals surface area contributed by atoms with Gasteiger partial charge in [-0.2, -0.15) is 0 Å². The van der Waals surface area contributed by atoms with E-state index in [4.69, 9.17) is 0 Å². The summed E-state index contributed by atoms with van der Waals surface area (Å²) in [5.74, 6) is 2.41. The summed E-state index contributed by atoms with van der Waals surface area (Å²) in [6.45, 7) is 7.42. The maximum atomic E-state index is 4.39. The predicted octanol–water partition coefficient (Wildman–Crippen LogP) is 2.17. The van der Waals surface area contributed by atoms with Gasteiger partial charge in [-0.15, -0.1) is 0 Å². The monoisotopic (exact) mass is 236 g/mol. The molecule has 0 bridgehead atoms. The van der Waals surface area contributed by atoms with Crippen LogP contribution in [0.15, 0.2) is 12.3 Å². The van der Waals surface area contributed by atoms with E-state index < -0.39 is 0 Å². The van der Waals surface area contributed by atoms with Crippen LogP contribution in [0.5, 0.6) is 0 Å². The van der Waals surface area contributed by atoms with Crippen LogP contribution in [0, 0.1) is 12.8 Å². The third kappa shape index (κ3) is 5.63. The molecule has 0 saturated heterocycles. The highest BCUT2D eigenvalue weighted by Gasteiger charge is 2.12. The summed E-state index contributed by atoms with van der Waals surface area (Å²) in [7, 11) is 4.19. The van der Waals surface area contributed by atoms with Gasteiger partial charge in [0.15, 0.2) is 0 Å². The number of rotatable bonds is 6. The second kappa shape index (κ2) is 6.55. The highest BCUT2D eigenvalue weighted by Crippen LogP contribution is 2.11. The number of nitrogens with zero attached hydrogens (tertiary/aromatic N) is 3. The summed E-state index contributed by atoms with van der Waals surface area (Å²) < 4.78 is 0. The molecular formula is C13H24N4. The van der Waals surface area contributed by atoms with Gasteiger partial charge in [0, 0.05) is 18.8 Å². The van der Waals surface area contributed by atoms with Crippen LogP contribution < -0.4 is 5.32 Å². The van der Waals surface area contributed by atoms with Crippen molar-refractivity contribution in [3.05, 3.63) is 18.1 Å².